The van der Waals surface area contributed by atoms with Gasteiger partial charge in [0, 0.05) is 20.0 Å². The Morgan fingerprint density at radius 3 is 2.52 bits per heavy atom. The fourth-order valence-electron chi connectivity index (χ4n) is 2.24. The van der Waals surface area contributed by atoms with Crippen LogP contribution in [0.15, 0.2) is 24.3 Å². The lowest BCUT2D eigenvalue weighted by Gasteiger charge is -2.21. The van der Waals surface area contributed by atoms with Crippen molar-refractivity contribution in [3.05, 3.63) is 29.8 Å². The number of rotatable bonds is 4. The highest BCUT2D eigenvalue weighted by Gasteiger charge is 2.43. The highest BCUT2D eigenvalue weighted by Crippen LogP contribution is 2.26. The minimum atomic E-state index is -2.79. The summed E-state index contributed by atoms with van der Waals surface area (Å²) in [6.45, 7) is -0.0492. The predicted octanol–water partition coefficient (Wildman–Crippen LogP) is 2.07. The van der Waals surface area contributed by atoms with Gasteiger partial charge in [0.05, 0.1) is 19.7 Å². The molecule has 118 valence electrons. The van der Waals surface area contributed by atoms with Gasteiger partial charge in [-0.05, 0) is 17.7 Å². The number of hydrogen-bond donors (Lipinski definition) is 1. The molecule has 1 N–H and O–H groups in total. The first kappa shape index (κ1) is 17.7. The van der Waals surface area contributed by atoms with Gasteiger partial charge in [-0.1, -0.05) is 12.1 Å². The highest BCUT2D eigenvalue weighted by atomic mass is 35.5. The fraction of sp³-hybridized carbons (Fsp3) is 0.500. The molecule has 1 heterocycles. The van der Waals surface area contributed by atoms with Gasteiger partial charge >= 0.3 is 0 Å². The van der Waals surface area contributed by atoms with Gasteiger partial charge in [0.15, 0.2) is 0 Å². The normalized spacial score (nSPS) is 19.7. The van der Waals surface area contributed by atoms with Gasteiger partial charge in [-0.2, -0.15) is 0 Å². The highest BCUT2D eigenvalue weighted by molar-refractivity contribution is 5.85. The van der Waals surface area contributed by atoms with Crippen LogP contribution in [0.25, 0.3) is 0 Å². The number of methoxy groups -OCH3 is 1. The molecule has 1 saturated heterocycles. The monoisotopic (exact) mass is 320 g/mol. The van der Waals surface area contributed by atoms with Crippen LogP contribution in [-0.4, -0.2) is 43.5 Å². The number of carbonyl (C=O) groups excluding carboxylic acids is 1. The number of ether oxygens (including phenoxy) is 1. The topological polar surface area (TPSA) is 41.6 Å². The van der Waals surface area contributed by atoms with Crippen LogP contribution in [0.1, 0.15) is 12.0 Å². The van der Waals surface area contributed by atoms with Crippen molar-refractivity contribution in [2.45, 2.75) is 24.9 Å². The van der Waals surface area contributed by atoms with Gasteiger partial charge in [0.25, 0.3) is 5.92 Å². The molecule has 0 saturated carbocycles. The Labute approximate surface area is 128 Å². The lowest BCUT2D eigenvalue weighted by molar-refractivity contribution is -0.132. The molecule has 7 heteroatoms. The summed E-state index contributed by atoms with van der Waals surface area (Å²) >= 11 is 0. The number of amides is 1. The van der Waals surface area contributed by atoms with Crippen molar-refractivity contribution in [1.82, 2.24) is 10.2 Å². The van der Waals surface area contributed by atoms with Crippen LogP contribution in [0.4, 0.5) is 8.78 Å². The molecule has 1 unspecified atom stereocenters. The number of hydrogen-bond acceptors (Lipinski definition) is 3. The minimum Gasteiger partial charge on any atom is -0.497 e. The fourth-order valence-corrected chi connectivity index (χ4v) is 2.24. The molecule has 1 fully saturated rings. The quantitative estimate of drug-likeness (QED) is 0.923. The van der Waals surface area contributed by atoms with Gasteiger partial charge in [-0.15, -0.1) is 12.4 Å². The molecule has 2 rings (SSSR count). The average molecular weight is 321 g/mol. The van der Waals surface area contributed by atoms with Crippen LogP contribution < -0.4 is 10.1 Å². The third-order valence-electron chi connectivity index (χ3n) is 3.36. The molecule has 0 aromatic heterocycles. The van der Waals surface area contributed by atoms with Gasteiger partial charge in [-0.25, -0.2) is 8.78 Å². The second-order valence-corrected chi connectivity index (χ2v) is 5.04. The van der Waals surface area contributed by atoms with E-state index >= 15 is 0 Å². The Balaban J connectivity index is 0.00000220. The zero-order valence-corrected chi connectivity index (χ0v) is 12.8. The number of alkyl halides is 2. The first-order chi connectivity index (χ1) is 9.41. The molecule has 1 aliphatic heterocycles. The molecule has 1 amide bonds. The van der Waals surface area contributed by atoms with Crippen molar-refractivity contribution < 1.29 is 18.3 Å². The second-order valence-electron chi connectivity index (χ2n) is 5.04. The molecule has 1 aliphatic rings. The summed E-state index contributed by atoms with van der Waals surface area (Å²) in [5, 5.41) is 2.57. The van der Waals surface area contributed by atoms with Crippen molar-refractivity contribution in [1.29, 1.82) is 0 Å². The summed E-state index contributed by atoms with van der Waals surface area (Å²) in [4.78, 5) is 13.5. The number of halogens is 3. The second kappa shape index (κ2) is 7.04. The van der Waals surface area contributed by atoms with Crippen molar-refractivity contribution in [2.24, 2.45) is 0 Å². The smallest absolute Gasteiger partial charge is 0.262 e. The van der Waals surface area contributed by atoms with Crippen LogP contribution >= 0.6 is 12.4 Å². The molecule has 0 radical (unpaired) electrons. The lowest BCUT2D eigenvalue weighted by atomic mass is 10.1. The minimum absolute atomic E-state index is 0. The largest absolute Gasteiger partial charge is 0.497 e. The van der Waals surface area contributed by atoms with Crippen molar-refractivity contribution in [3.63, 3.8) is 0 Å². The van der Waals surface area contributed by atoms with E-state index < -0.39 is 24.9 Å². The Morgan fingerprint density at radius 1 is 1.43 bits per heavy atom. The summed E-state index contributed by atoms with van der Waals surface area (Å²) in [7, 11) is 3.20. The van der Waals surface area contributed by atoms with E-state index in [4.69, 9.17) is 4.74 Å². The van der Waals surface area contributed by atoms with Crippen molar-refractivity contribution in [3.8, 4) is 5.75 Å². The molecule has 1 aromatic rings. The van der Waals surface area contributed by atoms with E-state index in [9.17, 15) is 13.6 Å². The zero-order chi connectivity index (χ0) is 14.8. The Hall–Kier alpha value is -1.40. The molecule has 0 spiro atoms. The molecule has 0 bridgehead atoms. The van der Waals surface area contributed by atoms with E-state index in [1.54, 1.807) is 26.3 Å². The summed E-state index contributed by atoms with van der Waals surface area (Å²) in [6.07, 6.45) is -0.432. The van der Waals surface area contributed by atoms with Crippen molar-refractivity contribution >= 4 is 18.3 Å². The Kier molecular flexibility index (Phi) is 5.92. The number of nitrogens with one attached hydrogen (secondary N) is 1. The van der Waals surface area contributed by atoms with E-state index in [-0.39, 0.29) is 18.3 Å². The molecule has 0 aliphatic carbocycles. The van der Waals surface area contributed by atoms with E-state index in [1.165, 1.54) is 4.90 Å². The predicted molar refractivity (Wildman–Crippen MR) is 78.1 cm³/mol. The molecule has 1 aromatic carbocycles. The third-order valence-corrected chi connectivity index (χ3v) is 3.36. The van der Waals surface area contributed by atoms with Gasteiger partial charge < -0.3 is 9.64 Å². The van der Waals surface area contributed by atoms with Crippen LogP contribution in [0.3, 0.4) is 0 Å². The van der Waals surface area contributed by atoms with Crippen LogP contribution in [0.2, 0.25) is 0 Å². The molecular weight excluding hydrogens is 302 g/mol. The molecule has 1 atom stereocenters. The van der Waals surface area contributed by atoms with E-state index in [0.29, 0.717) is 6.54 Å². The average Bonchev–Trinajstić information content (AvgIpc) is 2.79. The van der Waals surface area contributed by atoms with Gasteiger partial charge in [0.1, 0.15) is 5.75 Å². The summed E-state index contributed by atoms with van der Waals surface area (Å²) in [6, 6.07) is 6.50. The summed E-state index contributed by atoms with van der Waals surface area (Å²) in [5.41, 5.74) is 0.923. The lowest BCUT2D eigenvalue weighted by Crippen LogP contribution is -2.41. The molecular formula is C14H19ClF2N2O2. The summed E-state index contributed by atoms with van der Waals surface area (Å²) < 4.78 is 31.2. The first-order valence-corrected chi connectivity index (χ1v) is 6.40. The Bertz CT molecular complexity index is 482. The maximum Gasteiger partial charge on any atom is 0.262 e. The number of benzene rings is 1. The number of carbonyl (C=O) groups is 1. The van der Waals surface area contributed by atoms with E-state index in [2.05, 4.69) is 5.32 Å². The van der Waals surface area contributed by atoms with Crippen LogP contribution in [-0.2, 0) is 11.3 Å². The molecule has 21 heavy (non-hydrogen) atoms. The molecule has 4 nitrogen and oxygen atoms in total. The van der Waals surface area contributed by atoms with Crippen LogP contribution in [0.5, 0.6) is 5.75 Å². The maximum absolute atomic E-state index is 13.1. The maximum atomic E-state index is 13.1. The number of nitrogens with zero attached hydrogens (tertiary/aromatic N) is 1. The zero-order valence-electron chi connectivity index (χ0n) is 11.9. The standard InChI is InChI=1S/C14H18F2N2O2.ClH/c1-18(8-10-3-5-11(20-2)6-4-10)13(19)12-7-14(15,16)9-17-12;/h3-6,12,17H,7-9H2,1-2H3;1H. The third kappa shape index (κ3) is 4.54. The summed E-state index contributed by atoms with van der Waals surface area (Å²) in [5.74, 6) is -2.36. The van der Waals surface area contributed by atoms with E-state index in [1.807, 2.05) is 12.1 Å². The first-order valence-electron chi connectivity index (χ1n) is 6.40. The van der Waals surface area contributed by atoms with Crippen molar-refractivity contribution in [2.75, 3.05) is 20.7 Å². The van der Waals surface area contributed by atoms with Gasteiger partial charge in [-0.3, -0.25) is 10.1 Å². The number of likely N-dealkylation sites (N-methyl/N-ethyl adjacent to an activating group) is 1. The Morgan fingerprint density at radius 2 is 2.05 bits per heavy atom. The van der Waals surface area contributed by atoms with Crippen LogP contribution in [0, 0.1) is 0 Å². The van der Waals surface area contributed by atoms with Gasteiger partial charge in [0.2, 0.25) is 5.91 Å². The van der Waals surface area contributed by atoms with E-state index in [0.717, 1.165) is 11.3 Å². The SMILES string of the molecule is COc1ccc(CN(C)C(=O)C2CC(F)(F)CN2)cc1.Cl.